The average molecular weight is 243 g/mol. The Morgan fingerprint density at radius 1 is 1.33 bits per heavy atom. The first kappa shape index (κ1) is 12.2. The number of carboxylic acids is 1. The zero-order valence-electron chi connectivity index (χ0n) is 10.2. The van der Waals surface area contributed by atoms with Crippen LogP contribution in [0.2, 0.25) is 0 Å². The van der Waals surface area contributed by atoms with E-state index in [1.54, 1.807) is 0 Å². The van der Waals surface area contributed by atoms with E-state index in [1.165, 1.54) is 6.20 Å². The number of hydrogen-bond donors (Lipinski definition) is 1. The van der Waals surface area contributed by atoms with Crippen molar-refractivity contribution in [3.63, 3.8) is 0 Å². The molecule has 0 saturated heterocycles. The third kappa shape index (κ3) is 2.34. The smallest absolute Gasteiger partial charge is 0.339 e. The molecule has 0 bridgehead atoms. The molecule has 0 atom stereocenters. The lowest BCUT2D eigenvalue weighted by atomic mass is 10.2. The number of carboxylic acid groups (broad SMARTS) is 1. The highest BCUT2D eigenvalue weighted by atomic mass is 16.4. The van der Waals surface area contributed by atoms with Crippen molar-refractivity contribution in [3.8, 4) is 11.5 Å². The fourth-order valence-electron chi connectivity index (χ4n) is 1.66. The van der Waals surface area contributed by atoms with Gasteiger partial charge >= 0.3 is 5.97 Å². The Bertz CT molecular complexity index is 597. The summed E-state index contributed by atoms with van der Waals surface area (Å²) in [6, 6.07) is 5.57. The molecule has 1 N–H and O–H groups in total. The second-order valence-corrected chi connectivity index (χ2v) is 3.88. The summed E-state index contributed by atoms with van der Waals surface area (Å²) < 4.78 is 0. The zero-order chi connectivity index (χ0) is 13.1. The molecule has 0 fully saturated rings. The van der Waals surface area contributed by atoms with Crippen LogP contribution in [0.5, 0.6) is 0 Å². The molecule has 5 nitrogen and oxygen atoms in total. The molecule has 0 aliphatic carbocycles. The van der Waals surface area contributed by atoms with E-state index in [2.05, 4.69) is 15.0 Å². The van der Waals surface area contributed by atoms with Gasteiger partial charge < -0.3 is 5.11 Å². The average Bonchev–Trinajstić information content (AvgIpc) is 2.37. The van der Waals surface area contributed by atoms with Crippen molar-refractivity contribution in [3.05, 3.63) is 41.3 Å². The molecule has 0 spiro atoms. The van der Waals surface area contributed by atoms with Gasteiger partial charge in [0.05, 0.1) is 11.3 Å². The van der Waals surface area contributed by atoms with Gasteiger partial charge in [0, 0.05) is 11.9 Å². The number of carbonyl (C=O) groups is 1. The molecular formula is C13H13N3O2. The van der Waals surface area contributed by atoms with Gasteiger partial charge in [0.25, 0.3) is 0 Å². The minimum absolute atomic E-state index is 0.147. The number of aromatic carboxylic acids is 1. The molecule has 2 aromatic rings. The van der Waals surface area contributed by atoms with Crippen LogP contribution < -0.4 is 0 Å². The maximum Gasteiger partial charge on any atom is 0.339 e. The molecule has 5 heteroatoms. The fraction of sp³-hybridized carbons (Fsp3) is 0.231. The molecule has 2 aromatic heterocycles. The van der Waals surface area contributed by atoms with E-state index in [0.717, 1.165) is 5.69 Å². The summed E-state index contributed by atoms with van der Waals surface area (Å²) in [6.45, 7) is 3.75. The van der Waals surface area contributed by atoms with Crippen LogP contribution in [0.25, 0.3) is 11.5 Å². The summed E-state index contributed by atoms with van der Waals surface area (Å²) in [6.07, 6.45) is 1.89. The van der Waals surface area contributed by atoms with E-state index in [1.807, 2.05) is 32.0 Å². The quantitative estimate of drug-likeness (QED) is 0.893. The lowest BCUT2D eigenvalue weighted by Crippen LogP contribution is -2.07. The van der Waals surface area contributed by atoms with Crippen molar-refractivity contribution in [2.24, 2.45) is 0 Å². The highest BCUT2D eigenvalue weighted by molar-refractivity contribution is 5.88. The highest BCUT2D eigenvalue weighted by Crippen LogP contribution is 2.15. The molecule has 0 unspecified atom stereocenters. The number of rotatable bonds is 3. The Morgan fingerprint density at radius 2 is 2.11 bits per heavy atom. The molecule has 92 valence electrons. The largest absolute Gasteiger partial charge is 0.478 e. The third-order valence-corrected chi connectivity index (χ3v) is 2.55. The van der Waals surface area contributed by atoms with Gasteiger partial charge in [-0.2, -0.15) is 0 Å². The maximum absolute atomic E-state index is 11.0. The van der Waals surface area contributed by atoms with Crippen molar-refractivity contribution >= 4 is 5.97 Å². The SMILES string of the molecule is CCc1nc(-c2cccc(C)n2)ncc1C(=O)O. The van der Waals surface area contributed by atoms with Gasteiger partial charge in [0.15, 0.2) is 5.82 Å². The first-order valence-electron chi connectivity index (χ1n) is 5.65. The summed E-state index contributed by atoms with van der Waals surface area (Å²) in [5, 5.41) is 9.01. The van der Waals surface area contributed by atoms with E-state index >= 15 is 0 Å². The summed E-state index contributed by atoms with van der Waals surface area (Å²) in [4.78, 5) is 23.6. The molecule has 2 heterocycles. The van der Waals surface area contributed by atoms with Gasteiger partial charge in [0.2, 0.25) is 0 Å². The first-order valence-corrected chi connectivity index (χ1v) is 5.65. The molecule has 0 amide bonds. The molecule has 18 heavy (non-hydrogen) atoms. The van der Waals surface area contributed by atoms with E-state index in [0.29, 0.717) is 23.6 Å². The Hall–Kier alpha value is -2.30. The van der Waals surface area contributed by atoms with E-state index < -0.39 is 5.97 Å². The van der Waals surface area contributed by atoms with Crippen molar-refractivity contribution in [2.45, 2.75) is 20.3 Å². The number of hydrogen-bond acceptors (Lipinski definition) is 4. The van der Waals surface area contributed by atoms with Crippen LogP contribution in [-0.2, 0) is 6.42 Å². The molecule has 0 aliphatic heterocycles. The monoisotopic (exact) mass is 243 g/mol. The summed E-state index contributed by atoms with van der Waals surface area (Å²) in [7, 11) is 0. The van der Waals surface area contributed by atoms with Gasteiger partial charge in [-0.3, -0.25) is 0 Å². The summed E-state index contributed by atoms with van der Waals surface area (Å²) >= 11 is 0. The van der Waals surface area contributed by atoms with Crippen LogP contribution in [0.3, 0.4) is 0 Å². The topological polar surface area (TPSA) is 76.0 Å². The van der Waals surface area contributed by atoms with Gasteiger partial charge in [-0.05, 0) is 25.5 Å². The van der Waals surface area contributed by atoms with Crippen LogP contribution in [-0.4, -0.2) is 26.0 Å². The predicted molar refractivity (Wildman–Crippen MR) is 66.3 cm³/mol. The van der Waals surface area contributed by atoms with Gasteiger partial charge in [-0.25, -0.2) is 19.7 Å². The number of pyridine rings is 1. The van der Waals surface area contributed by atoms with Crippen LogP contribution in [0.1, 0.15) is 28.7 Å². The van der Waals surface area contributed by atoms with Crippen LogP contribution in [0, 0.1) is 6.92 Å². The van der Waals surface area contributed by atoms with Gasteiger partial charge in [0.1, 0.15) is 5.69 Å². The second kappa shape index (κ2) is 4.91. The van der Waals surface area contributed by atoms with Crippen molar-refractivity contribution < 1.29 is 9.90 Å². The molecule has 0 radical (unpaired) electrons. The van der Waals surface area contributed by atoms with Crippen LogP contribution in [0.15, 0.2) is 24.4 Å². The third-order valence-electron chi connectivity index (χ3n) is 2.55. The standard InChI is InChI=1S/C13H13N3O2/c1-3-10-9(13(17)18)7-14-12(16-10)11-6-4-5-8(2)15-11/h4-7H,3H2,1-2H3,(H,17,18). The Labute approximate surface area is 105 Å². The Kier molecular flexibility index (Phi) is 3.32. The Balaban J connectivity index is 2.51. The highest BCUT2D eigenvalue weighted by Gasteiger charge is 2.13. The van der Waals surface area contributed by atoms with E-state index in [9.17, 15) is 4.79 Å². The van der Waals surface area contributed by atoms with Crippen molar-refractivity contribution in [1.29, 1.82) is 0 Å². The predicted octanol–water partition coefficient (Wildman–Crippen LogP) is 2.11. The fourth-order valence-corrected chi connectivity index (χ4v) is 1.66. The minimum atomic E-state index is -1.00. The van der Waals surface area contributed by atoms with Gasteiger partial charge in [-0.15, -0.1) is 0 Å². The van der Waals surface area contributed by atoms with Gasteiger partial charge in [-0.1, -0.05) is 13.0 Å². The summed E-state index contributed by atoms with van der Waals surface area (Å²) in [5.41, 5.74) is 2.20. The second-order valence-electron chi connectivity index (χ2n) is 3.88. The van der Waals surface area contributed by atoms with Crippen molar-refractivity contribution in [2.75, 3.05) is 0 Å². The molecule has 0 aromatic carbocycles. The normalized spacial score (nSPS) is 10.3. The summed E-state index contributed by atoms with van der Waals surface area (Å²) in [5.74, 6) is -0.545. The molecule has 0 aliphatic rings. The first-order chi connectivity index (χ1) is 8.61. The van der Waals surface area contributed by atoms with Crippen molar-refractivity contribution in [1.82, 2.24) is 15.0 Å². The molecular weight excluding hydrogens is 230 g/mol. The number of aromatic nitrogens is 3. The number of aryl methyl sites for hydroxylation is 2. The lowest BCUT2D eigenvalue weighted by Gasteiger charge is -2.05. The Morgan fingerprint density at radius 3 is 2.72 bits per heavy atom. The minimum Gasteiger partial charge on any atom is -0.478 e. The maximum atomic E-state index is 11.0. The zero-order valence-corrected chi connectivity index (χ0v) is 10.2. The lowest BCUT2D eigenvalue weighted by molar-refractivity contribution is 0.0694. The van der Waals surface area contributed by atoms with E-state index in [-0.39, 0.29) is 5.56 Å². The van der Waals surface area contributed by atoms with Crippen LogP contribution in [0.4, 0.5) is 0 Å². The van der Waals surface area contributed by atoms with Crippen LogP contribution >= 0.6 is 0 Å². The van der Waals surface area contributed by atoms with E-state index in [4.69, 9.17) is 5.11 Å². The molecule has 2 rings (SSSR count). The number of nitrogens with zero attached hydrogens (tertiary/aromatic N) is 3. The molecule has 0 saturated carbocycles.